The zero-order valence-corrected chi connectivity index (χ0v) is 13.6. The third kappa shape index (κ3) is 3.82. The minimum absolute atomic E-state index is 0.0910. The van der Waals surface area contributed by atoms with Crippen LogP contribution >= 0.6 is 0 Å². The van der Waals surface area contributed by atoms with Crippen LogP contribution in [0.3, 0.4) is 0 Å². The molecule has 8 heteroatoms. The van der Waals surface area contributed by atoms with Crippen LogP contribution in [0.15, 0.2) is 5.03 Å². The third-order valence-corrected chi connectivity index (χ3v) is 5.49. The van der Waals surface area contributed by atoms with Gasteiger partial charge in [-0.05, 0) is 39.7 Å². The van der Waals surface area contributed by atoms with Gasteiger partial charge in [0.2, 0.25) is 0 Å². The molecule has 2 rings (SSSR count). The quantitative estimate of drug-likeness (QED) is 0.711. The minimum atomic E-state index is -3.61. The van der Waals surface area contributed by atoms with Gasteiger partial charge in [-0.2, -0.15) is 5.10 Å². The highest BCUT2D eigenvalue weighted by molar-refractivity contribution is 7.89. The van der Waals surface area contributed by atoms with Crippen molar-refractivity contribution in [3.8, 4) is 0 Å². The maximum atomic E-state index is 12.5. The molecule has 1 aliphatic rings. The molecule has 0 aromatic carbocycles. The van der Waals surface area contributed by atoms with Crippen LogP contribution in [0.4, 0.5) is 0 Å². The molecule has 7 nitrogen and oxygen atoms in total. The molecule has 21 heavy (non-hydrogen) atoms. The van der Waals surface area contributed by atoms with Gasteiger partial charge in [-0.1, -0.05) is 0 Å². The Morgan fingerprint density at radius 2 is 2.10 bits per heavy atom. The van der Waals surface area contributed by atoms with Crippen LogP contribution in [-0.2, 0) is 21.3 Å². The number of hydrogen-bond acceptors (Lipinski definition) is 5. The normalized spacial score (nSPS) is 18.8. The summed E-state index contributed by atoms with van der Waals surface area (Å²) >= 11 is 0. The van der Waals surface area contributed by atoms with Crippen molar-refractivity contribution < 1.29 is 13.2 Å². The Kier molecular flexibility index (Phi) is 5.37. The highest BCUT2D eigenvalue weighted by Gasteiger charge is 2.29. The van der Waals surface area contributed by atoms with Crippen LogP contribution < -0.4 is 10.0 Å². The molecule has 0 saturated carbocycles. The Morgan fingerprint density at radius 1 is 1.43 bits per heavy atom. The second-order valence-electron chi connectivity index (χ2n) is 5.52. The van der Waals surface area contributed by atoms with Gasteiger partial charge in [0.25, 0.3) is 10.0 Å². The molecule has 1 fully saturated rings. The Hall–Kier alpha value is -0.960. The summed E-state index contributed by atoms with van der Waals surface area (Å²) in [5.41, 5.74) is 1.45. The fraction of sp³-hybridized carbons (Fsp3) is 0.769. The predicted molar refractivity (Wildman–Crippen MR) is 79.4 cm³/mol. The fourth-order valence-electron chi connectivity index (χ4n) is 2.65. The molecule has 0 aliphatic carbocycles. The minimum Gasteiger partial charge on any atom is -0.381 e. The van der Waals surface area contributed by atoms with Gasteiger partial charge in [0.15, 0.2) is 5.03 Å². The SMILES string of the molecule is CNCc1c(S(=O)(=O)NC(C)C2CCOCC2)n[nH]c1C. The largest absolute Gasteiger partial charge is 0.381 e. The number of aromatic amines is 1. The maximum Gasteiger partial charge on any atom is 0.260 e. The molecule has 120 valence electrons. The predicted octanol–water partition coefficient (Wildman–Crippen LogP) is 0.531. The van der Waals surface area contributed by atoms with Gasteiger partial charge in [-0.15, -0.1) is 0 Å². The molecule has 3 N–H and O–H groups in total. The molecule has 2 heterocycles. The van der Waals surface area contributed by atoms with Gasteiger partial charge < -0.3 is 10.1 Å². The lowest BCUT2D eigenvalue weighted by Crippen LogP contribution is -2.40. The Bertz CT molecular complexity index is 564. The second kappa shape index (κ2) is 6.87. The zero-order valence-electron chi connectivity index (χ0n) is 12.8. The number of sulfonamides is 1. The molecule has 0 spiro atoms. The molecule has 0 amide bonds. The summed E-state index contributed by atoms with van der Waals surface area (Å²) in [5.74, 6) is 0.307. The lowest BCUT2D eigenvalue weighted by molar-refractivity contribution is 0.0585. The smallest absolute Gasteiger partial charge is 0.260 e. The average molecular weight is 316 g/mol. The number of rotatable bonds is 6. The van der Waals surface area contributed by atoms with Gasteiger partial charge in [0.05, 0.1) is 0 Å². The Morgan fingerprint density at radius 3 is 2.71 bits per heavy atom. The van der Waals surface area contributed by atoms with Gasteiger partial charge in [0, 0.05) is 37.1 Å². The van der Waals surface area contributed by atoms with E-state index in [-0.39, 0.29) is 11.1 Å². The first-order valence-electron chi connectivity index (χ1n) is 7.24. The molecule has 1 aromatic heterocycles. The maximum absolute atomic E-state index is 12.5. The van der Waals surface area contributed by atoms with E-state index in [1.807, 2.05) is 13.8 Å². The number of aromatic nitrogens is 2. The van der Waals surface area contributed by atoms with Crippen LogP contribution in [0.1, 0.15) is 31.0 Å². The van der Waals surface area contributed by atoms with Crippen molar-refractivity contribution in [1.82, 2.24) is 20.2 Å². The number of nitrogens with one attached hydrogen (secondary N) is 3. The molecule has 0 bridgehead atoms. The first kappa shape index (κ1) is 16.4. The highest BCUT2D eigenvalue weighted by Crippen LogP contribution is 2.21. The number of aryl methyl sites for hydroxylation is 1. The summed E-state index contributed by atoms with van der Waals surface area (Å²) in [6.45, 7) is 5.59. The van der Waals surface area contributed by atoms with Gasteiger partial charge in [0.1, 0.15) is 0 Å². The summed E-state index contributed by atoms with van der Waals surface area (Å²) in [4.78, 5) is 0. The molecule has 1 saturated heterocycles. The first-order chi connectivity index (χ1) is 9.95. The molecular formula is C13H24N4O3S. The lowest BCUT2D eigenvalue weighted by Gasteiger charge is -2.28. The van der Waals surface area contributed by atoms with Crippen LogP contribution in [0, 0.1) is 12.8 Å². The van der Waals surface area contributed by atoms with E-state index in [2.05, 4.69) is 20.2 Å². The van der Waals surface area contributed by atoms with Gasteiger partial charge >= 0.3 is 0 Å². The molecular weight excluding hydrogens is 292 g/mol. The number of ether oxygens (including phenoxy) is 1. The Balaban J connectivity index is 2.14. The first-order valence-corrected chi connectivity index (χ1v) is 8.72. The number of hydrogen-bond donors (Lipinski definition) is 3. The lowest BCUT2D eigenvalue weighted by atomic mass is 9.94. The standard InChI is InChI=1S/C13H24N4O3S/c1-9(11-4-6-20-7-5-11)17-21(18,19)13-12(8-14-3)10(2)15-16-13/h9,11,14,17H,4-8H2,1-3H3,(H,15,16). The van der Waals surface area contributed by atoms with E-state index < -0.39 is 10.0 Å². The van der Waals surface area contributed by atoms with E-state index in [1.165, 1.54) is 0 Å². The summed E-state index contributed by atoms with van der Waals surface area (Å²) in [6, 6.07) is -0.127. The van der Waals surface area contributed by atoms with E-state index in [4.69, 9.17) is 4.74 Å². The van der Waals surface area contributed by atoms with E-state index in [0.29, 0.717) is 31.2 Å². The highest BCUT2D eigenvalue weighted by atomic mass is 32.2. The molecule has 1 aromatic rings. The van der Waals surface area contributed by atoms with Gasteiger partial charge in [-0.25, -0.2) is 13.1 Å². The van der Waals surface area contributed by atoms with Crippen molar-refractivity contribution in [3.05, 3.63) is 11.3 Å². The summed E-state index contributed by atoms with van der Waals surface area (Å²) < 4.78 is 33.2. The molecule has 0 radical (unpaired) electrons. The van der Waals surface area contributed by atoms with E-state index in [0.717, 1.165) is 18.5 Å². The summed E-state index contributed by atoms with van der Waals surface area (Å²) in [7, 11) is -1.84. The van der Waals surface area contributed by atoms with E-state index >= 15 is 0 Å². The monoisotopic (exact) mass is 316 g/mol. The molecule has 1 unspecified atom stereocenters. The van der Waals surface area contributed by atoms with Crippen molar-refractivity contribution in [1.29, 1.82) is 0 Å². The van der Waals surface area contributed by atoms with Crippen LogP contribution in [0.5, 0.6) is 0 Å². The molecule has 1 aliphatic heterocycles. The van der Waals surface area contributed by atoms with Crippen molar-refractivity contribution in [3.63, 3.8) is 0 Å². The van der Waals surface area contributed by atoms with Crippen molar-refractivity contribution in [2.75, 3.05) is 20.3 Å². The second-order valence-corrected chi connectivity index (χ2v) is 7.15. The topological polar surface area (TPSA) is 96.1 Å². The van der Waals surface area contributed by atoms with Crippen LogP contribution in [0.25, 0.3) is 0 Å². The average Bonchev–Trinajstić information content (AvgIpc) is 2.82. The third-order valence-electron chi connectivity index (χ3n) is 3.96. The zero-order chi connectivity index (χ0) is 15.5. The summed E-state index contributed by atoms with van der Waals surface area (Å²) in [6.07, 6.45) is 1.76. The van der Waals surface area contributed by atoms with Crippen molar-refractivity contribution in [2.24, 2.45) is 5.92 Å². The van der Waals surface area contributed by atoms with Crippen LogP contribution in [0.2, 0.25) is 0 Å². The van der Waals surface area contributed by atoms with Crippen molar-refractivity contribution in [2.45, 2.75) is 44.3 Å². The summed E-state index contributed by atoms with van der Waals surface area (Å²) in [5, 5.41) is 9.78. The van der Waals surface area contributed by atoms with E-state index in [9.17, 15) is 8.42 Å². The fourth-order valence-corrected chi connectivity index (χ4v) is 4.16. The van der Waals surface area contributed by atoms with E-state index in [1.54, 1.807) is 7.05 Å². The molecule has 1 atom stereocenters. The van der Waals surface area contributed by atoms with Gasteiger partial charge in [-0.3, -0.25) is 5.10 Å². The number of H-pyrrole nitrogens is 1. The number of nitrogens with zero attached hydrogens (tertiary/aromatic N) is 1. The van der Waals surface area contributed by atoms with Crippen LogP contribution in [-0.4, -0.2) is 44.9 Å². The Labute approximate surface area is 125 Å². The van der Waals surface area contributed by atoms with Crippen molar-refractivity contribution >= 4 is 10.0 Å².